The van der Waals surface area contributed by atoms with Gasteiger partial charge in [-0.2, -0.15) is 0 Å². The summed E-state index contributed by atoms with van der Waals surface area (Å²) in [5.41, 5.74) is 1.30. The van der Waals surface area contributed by atoms with E-state index < -0.39 is 16.6 Å². The Bertz CT molecular complexity index is 956. The third-order valence-corrected chi connectivity index (χ3v) is 7.60. The molecule has 196 valence electrons. The number of amides is 1. The van der Waals surface area contributed by atoms with Gasteiger partial charge >= 0.3 is 0 Å². The fraction of sp³-hybridized carbons (Fsp3) is 0.615. The highest BCUT2D eigenvalue weighted by Crippen LogP contribution is 2.23. The minimum Gasteiger partial charge on any atom is -0.475 e. The average Bonchev–Trinajstić information content (AvgIpc) is 2.76. The summed E-state index contributed by atoms with van der Waals surface area (Å²) in [5.74, 6) is 0.299. The van der Waals surface area contributed by atoms with E-state index >= 15 is 0 Å². The van der Waals surface area contributed by atoms with Crippen molar-refractivity contribution < 1.29 is 18.4 Å². The molecular formula is C26H45N3O4Si2. The summed E-state index contributed by atoms with van der Waals surface area (Å²) in [4.78, 5) is 20.1. The van der Waals surface area contributed by atoms with Crippen LogP contribution in [0.1, 0.15) is 31.1 Å². The van der Waals surface area contributed by atoms with Gasteiger partial charge in [-0.3, -0.25) is 4.79 Å². The van der Waals surface area contributed by atoms with Gasteiger partial charge in [0.15, 0.2) is 16.6 Å². The van der Waals surface area contributed by atoms with Crippen molar-refractivity contribution in [3.05, 3.63) is 35.9 Å². The Morgan fingerprint density at radius 3 is 2.26 bits per heavy atom. The van der Waals surface area contributed by atoms with E-state index in [9.17, 15) is 4.79 Å². The molecule has 2 unspecified atom stereocenters. The molecule has 0 saturated heterocycles. The second-order valence-corrected chi connectivity index (χ2v) is 19.7. The van der Waals surface area contributed by atoms with Crippen molar-refractivity contribution in [3.63, 3.8) is 0 Å². The molecule has 0 saturated carbocycles. The van der Waals surface area contributed by atoms with Crippen molar-refractivity contribution in [3.8, 4) is 5.88 Å². The molecule has 35 heavy (non-hydrogen) atoms. The number of carbonyl (C=O) groups excluding carboxylic acids is 1. The van der Waals surface area contributed by atoms with Gasteiger partial charge < -0.3 is 23.8 Å². The molecule has 1 aromatic carbocycles. The van der Waals surface area contributed by atoms with Gasteiger partial charge in [0, 0.05) is 24.5 Å². The Morgan fingerprint density at radius 1 is 1.03 bits per heavy atom. The zero-order valence-electron chi connectivity index (χ0n) is 23.1. The van der Waals surface area contributed by atoms with Crippen LogP contribution in [0.3, 0.4) is 0 Å². The summed E-state index contributed by atoms with van der Waals surface area (Å²) < 4.78 is 18.9. The lowest BCUT2D eigenvalue weighted by Gasteiger charge is -2.34. The lowest BCUT2D eigenvalue weighted by atomic mass is 10.1. The smallest absolute Gasteiger partial charge is 0.252 e. The van der Waals surface area contributed by atoms with Crippen molar-refractivity contribution in [2.75, 3.05) is 32.8 Å². The second-order valence-electron chi connectivity index (χ2n) is 10.8. The minimum absolute atomic E-state index is 0.100. The Morgan fingerprint density at radius 2 is 1.66 bits per heavy atom. The molecule has 2 atom stereocenters. The third-order valence-electron chi connectivity index (χ3n) is 5.51. The van der Waals surface area contributed by atoms with Gasteiger partial charge in [0.05, 0.1) is 17.2 Å². The second kappa shape index (κ2) is 13.0. The molecular weight excluding hydrogens is 474 g/mol. The predicted molar refractivity (Wildman–Crippen MR) is 149 cm³/mol. The monoisotopic (exact) mass is 519 g/mol. The summed E-state index contributed by atoms with van der Waals surface area (Å²) >= 11 is 0. The quantitative estimate of drug-likeness (QED) is 0.348. The Labute approximate surface area is 213 Å². The molecule has 7 nitrogen and oxygen atoms in total. The molecule has 1 heterocycles. The highest BCUT2D eigenvalue weighted by Gasteiger charge is 2.30. The van der Waals surface area contributed by atoms with Gasteiger partial charge in [-0.1, -0.05) is 32.0 Å². The standard InChI is InChI=1S/C26H45N3O4Si2/c1-10-29(11-2)17-16-27-26(30)22-18-25(28-23-15-13-12-14-21(22)23)31-19-24(33-35(7,8)9)20(3)32-34(4,5)6/h12-15,18,20,24H,10-11,16-17,19H2,1-9H3,(H,27,30). The van der Waals surface area contributed by atoms with E-state index in [1.165, 1.54) is 0 Å². The number of nitrogens with zero attached hydrogens (tertiary/aromatic N) is 2. The largest absolute Gasteiger partial charge is 0.475 e. The molecule has 0 aliphatic heterocycles. The van der Waals surface area contributed by atoms with Crippen LogP contribution in [0, 0.1) is 0 Å². The number of hydrogen-bond acceptors (Lipinski definition) is 6. The number of carbonyl (C=O) groups is 1. The first-order valence-electron chi connectivity index (χ1n) is 12.7. The van der Waals surface area contributed by atoms with Gasteiger partial charge in [-0.05, 0) is 65.4 Å². The van der Waals surface area contributed by atoms with Crippen LogP contribution in [0.5, 0.6) is 5.88 Å². The lowest BCUT2D eigenvalue weighted by Crippen LogP contribution is -2.46. The summed E-state index contributed by atoms with van der Waals surface area (Å²) in [6.07, 6.45) is -0.315. The third kappa shape index (κ3) is 10.0. The van der Waals surface area contributed by atoms with Crippen molar-refractivity contribution >= 4 is 33.4 Å². The maximum atomic E-state index is 13.1. The number of aromatic nitrogens is 1. The number of rotatable bonds is 14. The Balaban J connectivity index is 2.23. The summed E-state index contributed by atoms with van der Waals surface area (Å²) in [6, 6.07) is 9.41. The zero-order valence-corrected chi connectivity index (χ0v) is 25.1. The van der Waals surface area contributed by atoms with Gasteiger partial charge in [0.1, 0.15) is 12.7 Å². The van der Waals surface area contributed by atoms with Crippen LogP contribution >= 0.6 is 0 Å². The number of likely N-dealkylation sites (N-methyl/N-ethyl adjacent to an activating group) is 1. The van der Waals surface area contributed by atoms with E-state index in [4.69, 9.17) is 13.6 Å². The van der Waals surface area contributed by atoms with E-state index in [1.54, 1.807) is 6.07 Å². The molecule has 2 rings (SSSR count). The average molecular weight is 520 g/mol. The molecule has 9 heteroatoms. The first-order valence-corrected chi connectivity index (χ1v) is 19.5. The highest BCUT2D eigenvalue weighted by molar-refractivity contribution is 6.70. The molecule has 0 radical (unpaired) electrons. The number of hydrogen-bond donors (Lipinski definition) is 1. The van der Waals surface area contributed by atoms with Gasteiger partial charge in [0.25, 0.3) is 5.91 Å². The van der Waals surface area contributed by atoms with E-state index in [2.05, 4.69) is 75.3 Å². The fourth-order valence-corrected chi connectivity index (χ4v) is 6.33. The van der Waals surface area contributed by atoms with Crippen LogP contribution < -0.4 is 10.1 Å². The summed E-state index contributed by atoms with van der Waals surface area (Å²) in [6.45, 7) is 22.9. The maximum absolute atomic E-state index is 13.1. The molecule has 0 aliphatic carbocycles. The number of benzene rings is 1. The molecule has 1 aromatic heterocycles. The number of para-hydroxylation sites is 1. The highest BCUT2D eigenvalue weighted by atomic mass is 28.4. The first-order chi connectivity index (χ1) is 16.3. The van der Waals surface area contributed by atoms with E-state index in [0.717, 1.165) is 30.5 Å². The molecule has 2 aromatic rings. The minimum atomic E-state index is -1.83. The molecule has 1 amide bonds. The van der Waals surface area contributed by atoms with Crippen LogP contribution in [0.15, 0.2) is 30.3 Å². The lowest BCUT2D eigenvalue weighted by molar-refractivity contribution is 0.0224. The normalized spacial score (nSPS) is 14.2. The van der Waals surface area contributed by atoms with Crippen molar-refractivity contribution in [1.29, 1.82) is 0 Å². The van der Waals surface area contributed by atoms with Crippen molar-refractivity contribution in [2.24, 2.45) is 0 Å². The fourth-order valence-electron chi connectivity index (χ4n) is 3.90. The molecule has 1 N–H and O–H groups in total. The van der Waals surface area contributed by atoms with Crippen molar-refractivity contribution in [1.82, 2.24) is 15.2 Å². The van der Waals surface area contributed by atoms with Crippen LogP contribution in [-0.4, -0.2) is 77.4 Å². The SMILES string of the molecule is CCN(CC)CCNC(=O)c1cc(OCC(O[Si](C)(C)C)C(C)O[Si](C)(C)C)nc2ccccc12. The van der Waals surface area contributed by atoms with Gasteiger partial charge in [0.2, 0.25) is 5.88 Å². The Hall–Kier alpha value is -1.79. The maximum Gasteiger partial charge on any atom is 0.252 e. The molecule has 0 bridgehead atoms. The topological polar surface area (TPSA) is 72.9 Å². The van der Waals surface area contributed by atoms with Crippen LogP contribution in [-0.2, 0) is 8.85 Å². The molecule has 0 fully saturated rings. The number of fused-ring (bicyclic) bond motifs is 1. The van der Waals surface area contributed by atoms with E-state index in [1.807, 2.05) is 24.3 Å². The predicted octanol–water partition coefficient (Wildman–Crippen LogP) is 5.15. The van der Waals surface area contributed by atoms with E-state index in [-0.39, 0.29) is 18.1 Å². The van der Waals surface area contributed by atoms with Crippen molar-refractivity contribution in [2.45, 2.75) is 72.3 Å². The number of pyridine rings is 1. The summed E-state index contributed by atoms with van der Waals surface area (Å²) in [5, 5.41) is 3.87. The van der Waals surface area contributed by atoms with Crippen LogP contribution in [0.25, 0.3) is 10.9 Å². The van der Waals surface area contributed by atoms with E-state index in [0.29, 0.717) is 24.6 Å². The van der Waals surface area contributed by atoms with Crippen LogP contribution in [0.2, 0.25) is 39.3 Å². The first kappa shape index (κ1) is 29.4. The van der Waals surface area contributed by atoms with Crippen LogP contribution in [0.4, 0.5) is 0 Å². The number of nitrogens with one attached hydrogen (secondary N) is 1. The van der Waals surface area contributed by atoms with Gasteiger partial charge in [-0.15, -0.1) is 0 Å². The number of ether oxygens (including phenoxy) is 1. The molecule has 0 spiro atoms. The molecule has 0 aliphatic rings. The van der Waals surface area contributed by atoms with Gasteiger partial charge in [-0.25, -0.2) is 4.98 Å². The Kier molecular flexibility index (Phi) is 10.9. The summed E-state index contributed by atoms with van der Waals surface area (Å²) in [7, 11) is -3.58. The zero-order chi connectivity index (χ0) is 26.2.